The number of benzene rings is 1. The van der Waals surface area contributed by atoms with Gasteiger partial charge < -0.3 is 15.0 Å². The van der Waals surface area contributed by atoms with Crippen molar-refractivity contribution in [1.82, 2.24) is 4.57 Å². The molecule has 2 aliphatic rings. The summed E-state index contributed by atoms with van der Waals surface area (Å²) in [4.78, 5) is 12.3. The minimum atomic E-state index is -0.463. The average molecular weight is 310 g/mol. The molecule has 23 heavy (non-hydrogen) atoms. The Morgan fingerprint density at radius 1 is 1.26 bits per heavy atom. The number of aliphatic hydroxyl groups is 1. The predicted molar refractivity (Wildman–Crippen MR) is 90.2 cm³/mol. The number of anilines is 1. The van der Waals surface area contributed by atoms with Crippen LogP contribution in [0.3, 0.4) is 0 Å². The fraction of sp³-hybridized carbons (Fsp3) is 0.421. The predicted octanol–water partition coefficient (Wildman–Crippen LogP) is 3.82. The number of carbonyl (C=O) groups excluding carboxylic acids is 1. The number of nitrogens with one attached hydrogen (secondary N) is 1. The van der Waals surface area contributed by atoms with Gasteiger partial charge in [-0.25, -0.2) is 0 Å². The number of aromatic nitrogens is 1. The fourth-order valence-corrected chi connectivity index (χ4v) is 4.29. The maximum absolute atomic E-state index is 12.3. The lowest BCUT2D eigenvalue weighted by Gasteiger charge is -2.40. The van der Waals surface area contributed by atoms with Gasteiger partial charge in [0.1, 0.15) is 6.23 Å². The number of rotatable bonds is 1. The van der Waals surface area contributed by atoms with Gasteiger partial charge in [0.25, 0.3) is 0 Å². The molecule has 4 heteroatoms. The number of nitrogens with zero attached hydrogens (tertiary/aromatic N) is 1. The second-order valence-electron chi connectivity index (χ2n) is 6.73. The summed E-state index contributed by atoms with van der Waals surface area (Å²) in [6.07, 6.45) is 5.53. The van der Waals surface area contributed by atoms with Crippen LogP contribution in [0.25, 0.3) is 11.1 Å². The van der Waals surface area contributed by atoms with E-state index >= 15 is 0 Å². The minimum Gasteiger partial charge on any atom is -0.373 e. The van der Waals surface area contributed by atoms with E-state index in [9.17, 15) is 9.90 Å². The van der Waals surface area contributed by atoms with Crippen LogP contribution >= 0.6 is 0 Å². The molecule has 1 aromatic carbocycles. The lowest BCUT2D eigenvalue weighted by molar-refractivity contribution is -0.116. The van der Waals surface area contributed by atoms with Crippen molar-refractivity contribution in [3.63, 3.8) is 0 Å². The second-order valence-corrected chi connectivity index (χ2v) is 6.73. The van der Waals surface area contributed by atoms with Crippen molar-refractivity contribution >= 4 is 11.6 Å². The largest absolute Gasteiger partial charge is 0.373 e. The molecule has 0 fully saturated rings. The van der Waals surface area contributed by atoms with Gasteiger partial charge in [-0.15, -0.1) is 0 Å². The van der Waals surface area contributed by atoms with Crippen LogP contribution in [-0.2, 0) is 10.2 Å². The molecule has 2 aliphatic heterocycles. The summed E-state index contributed by atoms with van der Waals surface area (Å²) in [5.74, 6) is 0.0769. The van der Waals surface area contributed by atoms with Crippen molar-refractivity contribution in [2.24, 2.45) is 0 Å². The highest BCUT2D eigenvalue weighted by Crippen LogP contribution is 2.49. The van der Waals surface area contributed by atoms with Crippen LogP contribution in [0.2, 0.25) is 0 Å². The zero-order valence-electron chi connectivity index (χ0n) is 13.4. The number of hydrogen-bond acceptors (Lipinski definition) is 2. The summed E-state index contributed by atoms with van der Waals surface area (Å²) >= 11 is 0. The van der Waals surface area contributed by atoms with Gasteiger partial charge in [-0.1, -0.05) is 25.1 Å². The van der Waals surface area contributed by atoms with Gasteiger partial charge in [-0.05, 0) is 37.8 Å². The zero-order chi connectivity index (χ0) is 16.0. The molecule has 4 rings (SSSR count). The quantitative estimate of drug-likeness (QED) is 0.841. The summed E-state index contributed by atoms with van der Waals surface area (Å²) in [6.45, 7) is 2.19. The number of carbonyl (C=O) groups is 1. The maximum Gasteiger partial charge on any atom is 0.224 e. The Morgan fingerprint density at radius 2 is 2.09 bits per heavy atom. The second kappa shape index (κ2) is 5.24. The topological polar surface area (TPSA) is 54.3 Å². The highest BCUT2D eigenvalue weighted by Gasteiger charge is 2.41. The molecule has 1 aromatic heterocycles. The SMILES string of the molecule is CC[C@@]12CCC(=O)Nc3ccccc3-c3ccn(c31)C(O)CC2. The highest BCUT2D eigenvalue weighted by molar-refractivity contribution is 5.96. The normalized spacial score (nSPS) is 26.3. The Morgan fingerprint density at radius 3 is 2.91 bits per heavy atom. The number of para-hydroxylation sites is 1. The van der Waals surface area contributed by atoms with Crippen LogP contribution in [0, 0.1) is 0 Å². The zero-order valence-corrected chi connectivity index (χ0v) is 13.4. The molecule has 0 saturated carbocycles. The summed E-state index contributed by atoms with van der Waals surface area (Å²) < 4.78 is 2.02. The third kappa shape index (κ3) is 2.12. The molecule has 1 unspecified atom stereocenters. The molecule has 0 radical (unpaired) electrons. The maximum atomic E-state index is 12.3. The van der Waals surface area contributed by atoms with Crippen molar-refractivity contribution in [2.45, 2.75) is 50.7 Å². The summed E-state index contributed by atoms with van der Waals surface area (Å²) in [5, 5.41) is 13.5. The van der Waals surface area contributed by atoms with Crippen molar-refractivity contribution in [3.05, 3.63) is 42.2 Å². The third-order valence-corrected chi connectivity index (χ3v) is 5.62. The molecule has 4 nitrogen and oxygen atoms in total. The van der Waals surface area contributed by atoms with Gasteiger partial charge in [0, 0.05) is 40.5 Å². The molecule has 0 aliphatic carbocycles. The van der Waals surface area contributed by atoms with E-state index in [-0.39, 0.29) is 11.3 Å². The number of fused-ring (bicyclic) bond motifs is 2. The van der Waals surface area contributed by atoms with Gasteiger partial charge in [0.2, 0.25) is 5.91 Å². The molecule has 2 N–H and O–H groups in total. The van der Waals surface area contributed by atoms with Crippen LogP contribution in [-0.4, -0.2) is 15.6 Å². The molecule has 120 valence electrons. The Bertz CT molecular complexity index is 764. The van der Waals surface area contributed by atoms with Crippen LogP contribution in [0.5, 0.6) is 0 Å². The van der Waals surface area contributed by atoms with Crippen LogP contribution in [0.1, 0.15) is 50.9 Å². The fourth-order valence-electron chi connectivity index (χ4n) is 4.29. The van der Waals surface area contributed by atoms with Crippen LogP contribution < -0.4 is 5.32 Å². The van der Waals surface area contributed by atoms with E-state index in [1.807, 2.05) is 29.0 Å². The smallest absolute Gasteiger partial charge is 0.224 e. The first-order chi connectivity index (χ1) is 11.1. The van der Waals surface area contributed by atoms with Gasteiger partial charge in [0.05, 0.1) is 0 Å². The molecule has 0 bridgehead atoms. The number of hydrogen-bond donors (Lipinski definition) is 2. The van der Waals surface area contributed by atoms with Gasteiger partial charge in [-0.2, -0.15) is 0 Å². The van der Waals surface area contributed by atoms with E-state index in [2.05, 4.69) is 24.4 Å². The van der Waals surface area contributed by atoms with E-state index in [4.69, 9.17) is 0 Å². The average Bonchev–Trinajstić information content (AvgIpc) is 3.02. The van der Waals surface area contributed by atoms with E-state index < -0.39 is 6.23 Å². The molecule has 2 atom stereocenters. The molecule has 1 amide bonds. The van der Waals surface area contributed by atoms with Crippen molar-refractivity contribution in [1.29, 1.82) is 0 Å². The Balaban J connectivity index is 2.01. The Labute approximate surface area is 136 Å². The molecule has 0 saturated heterocycles. The highest BCUT2D eigenvalue weighted by atomic mass is 16.3. The van der Waals surface area contributed by atoms with Crippen molar-refractivity contribution in [3.8, 4) is 11.1 Å². The lowest BCUT2D eigenvalue weighted by Crippen LogP contribution is -2.36. The first-order valence-corrected chi connectivity index (χ1v) is 8.43. The summed E-state index contributed by atoms with van der Waals surface area (Å²) in [7, 11) is 0. The van der Waals surface area contributed by atoms with Crippen molar-refractivity contribution in [2.75, 3.05) is 5.32 Å². The Hall–Kier alpha value is -2.07. The van der Waals surface area contributed by atoms with E-state index in [1.165, 1.54) is 5.69 Å². The standard InChI is InChI=1S/C19H22N2O2/c1-2-19-10-7-16(22)20-15-6-4-3-5-13(15)14-9-12-21(18(14)19)17(23)8-11-19/h3-6,9,12,17,23H,2,7-8,10-11H2,1H3,(H,20,22)/t17?,19-/m0/s1. The van der Waals surface area contributed by atoms with Crippen molar-refractivity contribution < 1.29 is 9.90 Å². The molecule has 3 heterocycles. The van der Waals surface area contributed by atoms with E-state index in [0.717, 1.165) is 42.5 Å². The summed E-state index contributed by atoms with van der Waals surface area (Å²) in [6, 6.07) is 10.0. The lowest BCUT2D eigenvalue weighted by atomic mass is 9.70. The van der Waals surface area contributed by atoms with E-state index in [1.54, 1.807) is 0 Å². The molecular weight excluding hydrogens is 288 g/mol. The van der Waals surface area contributed by atoms with Crippen LogP contribution in [0.15, 0.2) is 36.5 Å². The molecule has 0 spiro atoms. The first kappa shape index (κ1) is 14.5. The van der Waals surface area contributed by atoms with Crippen LogP contribution in [0.4, 0.5) is 5.69 Å². The van der Waals surface area contributed by atoms with Gasteiger partial charge in [0.15, 0.2) is 0 Å². The number of aliphatic hydroxyl groups excluding tert-OH is 1. The monoisotopic (exact) mass is 310 g/mol. The van der Waals surface area contributed by atoms with Gasteiger partial charge in [-0.3, -0.25) is 4.79 Å². The first-order valence-electron chi connectivity index (χ1n) is 8.43. The summed E-state index contributed by atoms with van der Waals surface area (Å²) in [5.41, 5.74) is 4.21. The third-order valence-electron chi connectivity index (χ3n) is 5.62. The number of amides is 1. The molecular formula is C19H22N2O2. The van der Waals surface area contributed by atoms with E-state index in [0.29, 0.717) is 6.42 Å². The Kier molecular flexibility index (Phi) is 3.31. The minimum absolute atomic E-state index is 0.0349. The molecule has 2 aromatic rings. The van der Waals surface area contributed by atoms with Gasteiger partial charge >= 0.3 is 0 Å².